The number of hydrogen-bond donors (Lipinski definition) is 1. The van der Waals surface area contributed by atoms with Gasteiger partial charge in [-0.25, -0.2) is 14.6 Å². The summed E-state index contributed by atoms with van der Waals surface area (Å²) in [4.78, 5) is 20.9. The lowest BCUT2D eigenvalue weighted by atomic mass is 9.99. The predicted molar refractivity (Wildman–Crippen MR) is 112 cm³/mol. The highest BCUT2D eigenvalue weighted by Crippen LogP contribution is 2.42. The molecule has 1 fully saturated rings. The highest BCUT2D eigenvalue weighted by atomic mass is 16.5. The van der Waals surface area contributed by atoms with E-state index in [4.69, 9.17) is 10.5 Å². The topological polar surface area (TPSA) is 109 Å². The Labute approximate surface area is 172 Å². The molecule has 0 unspecified atom stereocenters. The minimum atomic E-state index is -0.213. The summed E-state index contributed by atoms with van der Waals surface area (Å²) in [7, 11) is 0. The molecule has 8 heteroatoms. The van der Waals surface area contributed by atoms with Crippen molar-refractivity contribution in [1.29, 1.82) is 0 Å². The Kier molecular flexibility index (Phi) is 4.48. The van der Waals surface area contributed by atoms with Gasteiger partial charge in [-0.2, -0.15) is 0 Å². The second-order valence-electron chi connectivity index (χ2n) is 7.46. The van der Waals surface area contributed by atoms with Gasteiger partial charge in [-0.1, -0.05) is 35.5 Å². The van der Waals surface area contributed by atoms with Crippen molar-refractivity contribution >= 4 is 10.9 Å². The summed E-state index contributed by atoms with van der Waals surface area (Å²) in [6, 6.07) is 15.8. The van der Waals surface area contributed by atoms with E-state index in [0.29, 0.717) is 10.9 Å². The number of hydrogen-bond acceptors (Lipinski definition) is 7. The minimum Gasteiger partial charge on any atom is -0.461 e. The number of nitrogens with zero attached hydrogens (tertiary/aromatic N) is 5. The minimum absolute atomic E-state index is 0.155. The lowest BCUT2D eigenvalue weighted by molar-refractivity contribution is 0.265. The van der Waals surface area contributed by atoms with Crippen LogP contribution in [-0.4, -0.2) is 31.6 Å². The first-order chi connectivity index (χ1) is 14.6. The molecule has 0 aliphatic heterocycles. The van der Waals surface area contributed by atoms with Gasteiger partial charge in [0.25, 0.3) is 5.56 Å². The Morgan fingerprint density at radius 1 is 1.03 bits per heavy atom. The van der Waals surface area contributed by atoms with Gasteiger partial charge in [0.05, 0.1) is 11.9 Å². The van der Waals surface area contributed by atoms with Crippen LogP contribution >= 0.6 is 0 Å². The number of benzene rings is 2. The number of rotatable bonds is 6. The second kappa shape index (κ2) is 7.31. The average Bonchev–Trinajstić information content (AvgIpc) is 3.55. The first kappa shape index (κ1) is 18.4. The van der Waals surface area contributed by atoms with Crippen molar-refractivity contribution in [2.45, 2.75) is 24.9 Å². The summed E-state index contributed by atoms with van der Waals surface area (Å²) in [5, 5.41) is 8.69. The monoisotopic (exact) mass is 400 g/mol. The van der Waals surface area contributed by atoms with Crippen LogP contribution in [0.2, 0.25) is 0 Å². The van der Waals surface area contributed by atoms with Crippen molar-refractivity contribution in [3.05, 3.63) is 76.8 Å². The van der Waals surface area contributed by atoms with E-state index >= 15 is 0 Å². The van der Waals surface area contributed by atoms with Crippen LogP contribution in [0.4, 0.5) is 0 Å². The van der Waals surface area contributed by atoms with E-state index in [9.17, 15) is 4.79 Å². The lowest BCUT2D eigenvalue weighted by Crippen LogP contribution is -2.27. The molecule has 150 valence electrons. The molecule has 0 radical (unpaired) electrons. The maximum atomic E-state index is 12.9. The Morgan fingerprint density at radius 3 is 2.50 bits per heavy atom. The number of fused-ring (bicyclic) bond motifs is 1. The van der Waals surface area contributed by atoms with Crippen molar-refractivity contribution in [2.75, 3.05) is 6.61 Å². The molecule has 4 aromatic rings. The molecule has 2 heterocycles. The van der Waals surface area contributed by atoms with E-state index in [1.165, 1.54) is 4.68 Å². The molecule has 1 saturated carbocycles. The fourth-order valence-corrected chi connectivity index (χ4v) is 3.40. The van der Waals surface area contributed by atoms with Gasteiger partial charge >= 0.3 is 6.01 Å². The van der Waals surface area contributed by atoms with Crippen LogP contribution in [0.1, 0.15) is 18.4 Å². The molecular weight excluding hydrogens is 380 g/mol. The van der Waals surface area contributed by atoms with E-state index < -0.39 is 0 Å². The molecule has 8 nitrogen and oxygen atoms in total. The summed E-state index contributed by atoms with van der Waals surface area (Å²) in [6.07, 6.45) is 5.24. The Morgan fingerprint density at radius 2 is 1.77 bits per heavy atom. The van der Waals surface area contributed by atoms with Crippen LogP contribution < -0.4 is 16.0 Å². The van der Waals surface area contributed by atoms with Crippen molar-refractivity contribution < 1.29 is 4.74 Å². The van der Waals surface area contributed by atoms with Crippen molar-refractivity contribution in [3.63, 3.8) is 0 Å². The summed E-state index contributed by atoms with van der Waals surface area (Å²) < 4.78 is 6.75. The van der Waals surface area contributed by atoms with Gasteiger partial charge in [0, 0.05) is 17.9 Å². The van der Waals surface area contributed by atoms with Crippen LogP contribution in [0, 0.1) is 0 Å². The maximum absolute atomic E-state index is 12.9. The van der Waals surface area contributed by atoms with Crippen LogP contribution in [0.5, 0.6) is 6.01 Å². The van der Waals surface area contributed by atoms with Crippen LogP contribution in [0.25, 0.3) is 22.0 Å². The van der Waals surface area contributed by atoms with Gasteiger partial charge in [-0.15, -0.1) is 5.10 Å². The van der Waals surface area contributed by atoms with E-state index in [0.717, 1.165) is 29.5 Å². The molecule has 2 N–H and O–H groups in total. The molecule has 1 aliphatic rings. The first-order valence-corrected chi connectivity index (χ1v) is 9.80. The molecule has 0 saturated heterocycles. The normalized spacial score (nSPS) is 14.6. The summed E-state index contributed by atoms with van der Waals surface area (Å²) >= 11 is 0. The molecule has 1 aliphatic carbocycles. The number of nitrogens with two attached hydrogens (primary N) is 1. The summed E-state index contributed by atoms with van der Waals surface area (Å²) in [5.41, 5.74) is 9.58. The van der Waals surface area contributed by atoms with Gasteiger partial charge in [0.15, 0.2) is 0 Å². The first-order valence-electron chi connectivity index (χ1n) is 9.80. The third kappa shape index (κ3) is 3.53. The van der Waals surface area contributed by atoms with E-state index in [1.54, 1.807) is 18.5 Å². The zero-order valence-corrected chi connectivity index (χ0v) is 16.2. The predicted octanol–water partition coefficient (Wildman–Crippen LogP) is 2.28. The molecule has 0 amide bonds. The fourth-order valence-electron chi connectivity index (χ4n) is 3.40. The lowest BCUT2D eigenvalue weighted by Gasteiger charge is -2.10. The van der Waals surface area contributed by atoms with Gasteiger partial charge in [0.2, 0.25) is 0 Å². The zero-order valence-electron chi connectivity index (χ0n) is 16.2. The van der Waals surface area contributed by atoms with Crippen molar-refractivity contribution in [2.24, 2.45) is 5.73 Å². The largest absolute Gasteiger partial charge is 0.461 e. The van der Waals surface area contributed by atoms with Gasteiger partial charge < -0.3 is 10.5 Å². The maximum Gasteiger partial charge on any atom is 0.316 e. The second-order valence-corrected chi connectivity index (χ2v) is 7.46. The highest BCUT2D eigenvalue weighted by molar-refractivity contribution is 5.83. The Hall–Kier alpha value is -3.65. The fraction of sp³-hybridized carbons (Fsp3) is 0.227. The van der Waals surface area contributed by atoms with Crippen LogP contribution in [-0.2, 0) is 12.1 Å². The van der Waals surface area contributed by atoms with Gasteiger partial charge in [0.1, 0.15) is 12.1 Å². The SMILES string of the molecule is NC1(c2ccc(-c3ccc4nnn(CCOc5ncccn5)c(=O)c4c3)cc2)CC1. The molecular formula is C22H20N6O2. The molecule has 0 bridgehead atoms. The van der Waals surface area contributed by atoms with E-state index in [2.05, 4.69) is 32.4 Å². The molecule has 0 spiro atoms. The average molecular weight is 400 g/mol. The Balaban J connectivity index is 1.39. The third-order valence-corrected chi connectivity index (χ3v) is 5.38. The molecule has 0 atom stereocenters. The molecule has 5 rings (SSSR count). The Bertz CT molecular complexity index is 1250. The highest BCUT2D eigenvalue weighted by Gasteiger charge is 2.39. The van der Waals surface area contributed by atoms with Crippen LogP contribution in [0.15, 0.2) is 65.7 Å². The standard InChI is InChI=1S/C22H20N6O2/c23-22(8-9-22)17-5-2-15(3-6-17)16-4-7-19-18(14-16)20(29)28(27-26-19)12-13-30-21-24-10-1-11-25-21/h1-7,10-11,14H,8-9,12-13,23H2. The molecule has 2 aromatic heterocycles. The zero-order chi connectivity index (χ0) is 20.6. The van der Waals surface area contributed by atoms with E-state index in [-0.39, 0.29) is 30.3 Å². The van der Waals surface area contributed by atoms with Crippen molar-refractivity contribution in [1.82, 2.24) is 25.0 Å². The number of aromatic nitrogens is 5. The third-order valence-electron chi connectivity index (χ3n) is 5.38. The van der Waals surface area contributed by atoms with Gasteiger partial charge in [-0.3, -0.25) is 4.79 Å². The molecule has 2 aromatic carbocycles. The summed E-state index contributed by atoms with van der Waals surface area (Å²) in [6.45, 7) is 0.462. The number of ether oxygens (including phenoxy) is 1. The van der Waals surface area contributed by atoms with Gasteiger partial charge in [-0.05, 0) is 47.7 Å². The summed E-state index contributed by atoms with van der Waals surface area (Å²) in [5.74, 6) is 0. The van der Waals surface area contributed by atoms with Crippen LogP contribution in [0.3, 0.4) is 0 Å². The van der Waals surface area contributed by atoms with E-state index in [1.807, 2.05) is 30.3 Å². The van der Waals surface area contributed by atoms with Crippen molar-refractivity contribution in [3.8, 4) is 17.1 Å². The smallest absolute Gasteiger partial charge is 0.316 e. The molecule has 30 heavy (non-hydrogen) atoms. The quantitative estimate of drug-likeness (QED) is 0.529.